The molecule has 0 radical (unpaired) electrons. The molecule has 1 aromatic rings. The largest absolute Gasteiger partial charge is 0.507 e. The van der Waals surface area contributed by atoms with Crippen molar-refractivity contribution in [2.45, 2.75) is 52.4 Å². The van der Waals surface area contributed by atoms with Gasteiger partial charge in [0, 0.05) is 18.2 Å². The summed E-state index contributed by atoms with van der Waals surface area (Å²) in [5, 5.41) is 11.7. The lowest BCUT2D eigenvalue weighted by atomic mass is 9.78. The Hall–Kier alpha value is -1.42. The van der Waals surface area contributed by atoms with Crippen LogP contribution in [0.2, 0.25) is 0 Å². The SMILES string of the molecule is CN1C(=O)CSC1=Cc1cc(C(C)(C)C)c(O)c(C(C)(C)C)c1. The summed E-state index contributed by atoms with van der Waals surface area (Å²) in [4.78, 5) is 13.4. The summed E-state index contributed by atoms with van der Waals surface area (Å²) in [6.07, 6.45) is 2.04. The van der Waals surface area contributed by atoms with Gasteiger partial charge in [0.15, 0.2) is 0 Å². The Balaban J connectivity index is 2.62. The van der Waals surface area contributed by atoms with Crippen LogP contribution in [0.3, 0.4) is 0 Å². The zero-order valence-electron chi connectivity index (χ0n) is 15.2. The van der Waals surface area contributed by atoms with Gasteiger partial charge in [0.05, 0.1) is 10.8 Å². The number of nitrogens with zero attached hydrogens (tertiary/aromatic N) is 1. The van der Waals surface area contributed by atoms with E-state index in [-0.39, 0.29) is 16.7 Å². The third-order valence-electron chi connectivity index (χ3n) is 4.09. The number of hydrogen-bond acceptors (Lipinski definition) is 3. The Morgan fingerprint density at radius 2 is 1.57 bits per heavy atom. The summed E-state index contributed by atoms with van der Waals surface area (Å²) in [7, 11) is 1.81. The van der Waals surface area contributed by atoms with Crippen molar-refractivity contribution in [1.82, 2.24) is 4.90 Å². The van der Waals surface area contributed by atoms with Gasteiger partial charge in [-0.15, -0.1) is 0 Å². The zero-order valence-corrected chi connectivity index (χ0v) is 16.0. The molecule has 0 saturated carbocycles. The number of carbonyl (C=O) groups is 1. The summed E-state index contributed by atoms with van der Waals surface area (Å²) in [5.74, 6) is 1.02. The minimum atomic E-state index is -0.150. The molecule has 2 rings (SSSR count). The maximum atomic E-state index is 11.7. The number of phenolic OH excluding ortho intramolecular Hbond substituents is 1. The van der Waals surface area contributed by atoms with Crippen molar-refractivity contribution in [3.05, 3.63) is 33.9 Å². The second-order valence-corrected chi connectivity index (χ2v) is 9.18. The van der Waals surface area contributed by atoms with E-state index >= 15 is 0 Å². The Kier molecular flexibility index (Phi) is 4.60. The maximum Gasteiger partial charge on any atom is 0.237 e. The lowest BCUT2D eigenvalue weighted by Gasteiger charge is -2.28. The average molecular weight is 333 g/mol. The van der Waals surface area contributed by atoms with Gasteiger partial charge in [-0.2, -0.15) is 0 Å². The number of rotatable bonds is 1. The lowest BCUT2D eigenvalue weighted by Crippen LogP contribution is -2.19. The van der Waals surface area contributed by atoms with Crippen molar-refractivity contribution in [2.75, 3.05) is 12.8 Å². The van der Waals surface area contributed by atoms with Crippen LogP contribution in [0.4, 0.5) is 0 Å². The van der Waals surface area contributed by atoms with Crippen LogP contribution in [0, 0.1) is 0 Å². The molecular formula is C19H27NO2S. The zero-order chi connectivity index (χ0) is 17.6. The van der Waals surface area contributed by atoms with Crippen molar-refractivity contribution >= 4 is 23.7 Å². The molecule has 1 amide bonds. The van der Waals surface area contributed by atoms with Crippen LogP contribution < -0.4 is 0 Å². The lowest BCUT2D eigenvalue weighted by molar-refractivity contribution is -0.124. The van der Waals surface area contributed by atoms with E-state index in [1.165, 1.54) is 0 Å². The first-order chi connectivity index (χ1) is 10.4. The monoisotopic (exact) mass is 333 g/mol. The summed E-state index contributed by atoms with van der Waals surface area (Å²) >= 11 is 1.56. The molecule has 23 heavy (non-hydrogen) atoms. The molecule has 0 bridgehead atoms. The first-order valence-electron chi connectivity index (χ1n) is 7.90. The van der Waals surface area contributed by atoms with Crippen molar-refractivity contribution in [3.8, 4) is 5.75 Å². The normalized spacial score (nSPS) is 18.1. The number of thioether (sulfide) groups is 1. The predicted molar refractivity (Wildman–Crippen MR) is 98.7 cm³/mol. The summed E-state index contributed by atoms with van der Waals surface area (Å²) in [6.45, 7) is 12.6. The van der Waals surface area contributed by atoms with Gasteiger partial charge >= 0.3 is 0 Å². The maximum absolute atomic E-state index is 11.7. The van der Waals surface area contributed by atoms with Gasteiger partial charge in [-0.3, -0.25) is 4.79 Å². The van der Waals surface area contributed by atoms with Crippen molar-refractivity contribution in [2.24, 2.45) is 0 Å². The topological polar surface area (TPSA) is 40.5 Å². The Bertz CT molecular complexity index is 628. The Morgan fingerprint density at radius 1 is 1.09 bits per heavy atom. The van der Waals surface area contributed by atoms with Crippen molar-refractivity contribution in [3.63, 3.8) is 0 Å². The molecule has 1 heterocycles. The van der Waals surface area contributed by atoms with E-state index < -0.39 is 0 Å². The smallest absolute Gasteiger partial charge is 0.237 e. The molecule has 1 aliphatic heterocycles. The minimum absolute atomic E-state index is 0.132. The van der Waals surface area contributed by atoms with Crippen LogP contribution in [0.1, 0.15) is 58.2 Å². The van der Waals surface area contributed by atoms with Crippen LogP contribution in [-0.4, -0.2) is 28.7 Å². The molecule has 1 N–H and O–H groups in total. The Morgan fingerprint density at radius 3 is 1.91 bits per heavy atom. The molecule has 1 aromatic carbocycles. The third-order valence-corrected chi connectivity index (χ3v) is 5.17. The molecule has 126 valence electrons. The first-order valence-corrected chi connectivity index (χ1v) is 8.89. The highest BCUT2D eigenvalue weighted by Gasteiger charge is 2.27. The fourth-order valence-corrected chi connectivity index (χ4v) is 3.60. The van der Waals surface area contributed by atoms with Gasteiger partial charge in [0.1, 0.15) is 5.75 Å². The molecule has 0 spiro atoms. The van der Waals surface area contributed by atoms with E-state index in [9.17, 15) is 9.90 Å². The van der Waals surface area contributed by atoms with E-state index in [0.29, 0.717) is 11.5 Å². The van der Waals surface area contributed by atoms with Crippen LogP contribution in [0.15, 0.2) is 17.2 Å². The molecule has 1 aliphatic rings. The number of benzene rings is 1. The van der Waals surface area contributed by atoms with Crippen LogP contribution in [0.25, 0.3) is 6.08 Å². The second-order valence-electron chi connectivity index (χ2n) is 8.19. The summed E-state index contributed by atoms with van der Waals surface area (Å²) < 4.78 is 0. The Labute approximate surface area is 143 Å². The fourth-order valence-electron chi connectivity index (χ4n) is 2.62. The molecule has 1 fully saturated rings. The van der Waals surface area contributed by atoms with Crippen LogP contribution in [0.5, 0.6) is 5.75 Å². The van der Waals surface area contributed by atoms with E-state index in [0.717, 1.165) is 21.7 Å². The van der Waals surface area contributed by atoms with Gasteiger partial charge in [-0.1, -0.05) is 53.3 Å². The molecule has 0 unspecified atom stereocenters. The predicted octanol–water partition coefficient (Wildman–Crippen LogP) is 4.49. The highest BCUT2D eigenvalue weighted by molar-refractivity contribution is 8.04. The summed E-state index contributed by atoms with van der Waals surface area (Å²) in [5.41, 5.74) is 2.61. The molecular weight excluding hydrogens is 306 g/mol. The highest BCUT2D eigenvalue weighted by Crippen LogP contribution is 2.40. The van der Waals surface area contributed by atoms with E-state index in [1.54, 1.807) is 16.7 Å². The quantitative estimate of drug-likeness (QED) is 0.823. The number of phenols is 1. The fraction of sp³-hybridized carbons (Fsp3) is 0.526. The number of carbonyl (C=O) groups excluding carboxylic acids is 1. The van der Waals surface area contributed by atoms with Crippen LogP contribution >= 0.6 is 11.8 Å². The van der Waals surface area contributed by atoms with Gasteiger partial charge in [-0.25, -0.2) is 0 Å². The van der Waals surface area contributed by atoms with Gasteiger partial charge in [-0.05, 0) is 34.6 Å². The average Bonchev–Trinajstić information content (AvgIpc) is 2.70. The molecule has 4 heteroatoms. The first kappa shape index (κ1) is 17.9. The number of amides is 1. The van der Waals surface area contributed by atoms with Crippen molar-refractivity contribution < 1.29 is 9.90 Å². The summed E-state index contributed by atoms with van der Waals surface area (Å²) in [6, 6.07) is 4.07. The number of hydrogen-bond donors (Lipinski definition) is 1. The molecule has 0 aromatic heterocycles. The van der Waals surface area contributed by atoms with Gasteiger partial charge in [0.2, 0.25) is 5.91 Å². The third kappa shape index (κ3) is 3.74. The van der Waals surface area contributed by atoms with Gasteiger partial charge in [0.25, 0.3) is 0 Å². The molecule has 0 aliphatic carbocycles. The second kappa shape index (κ2) is 5.90. The molecule has 3 nitrogen and oxygen atoms in total. The van der Waals surface area contributed by atoms with Crippen molar-refractivity contribution in [1.29, 1.82) is 0 Å². The van der Waals surface area contributed by atoms with Crippen LogP contribution in [-0.2, 0) is 15.6 Å². The molecule has 1 saturated heterocycles. The minimum Gasteiger partial charge on any atom is -0.507 e. The van der Waals surface area contributed by atoms with E-state index in [1.807, 2.05) is 25.3 Å². The highest BCUT2D eigenvalue weighted by atomic mass is 32.2. The number of aromatic hydroxyl groups is 1. The van der Waals surface area contributed by atoms with E-state index in [2.05, 4.69) is 41.5 Å². The standard InChI is InChI=1S/C19H27NO2S/c1-18(2,3)13-8-12(9-14(17(13)22)19(4,5)6)10-16-20(7)15(21)11-23-16/h8-10,22H,11H2,1-7H3. The molecule has 0 atom stereocenters. The van der Waals surface area contributed by atoms with Gasteiger partial charge < -0.3 is 10.0 Å². The van der Waals surface area contributed by atoms with E-state index in [4.69, 9.17) is 0 Å².